The van der Waals surface area contributed by atoms with Gasteiger partial charge in [0.05, 0.1) is 12.2 Å². The normalized spacial score (nSPS) is 14.7. The second-order valence-electron chi connectivity index (χ2n) is 4.92. The van der Waals surface area contributed by atoms with Gasteiger partial charge in [-0.15, -0.1) is 0 Å². The summed E-state index contributed by atoms with van der Waals surface area (Å²) in [5.74, 6) is 4.65. The molecule has 4 heteroatoms. The van der Waals surface area contributed by atoms with Gasteiger partial charge in [-0.05, 0) is 31.0 Å². The van der Waals surface area contributed by atoms with Crippen molar-refractivity contribution in [3.8, 4) is 11.8 Å². The lowest BCUT2D eigenvalue weighted by atomic mass is 10.1. The van der Waals surface area contributed by atoms with E-state index in [0.29, 0.717) is 12.0 Å². The first-order valence-electron chi connectivity index (χ1n) is 6.91. The van der Waals surface area contributed by atoms with E-state index in [-0.39, 0.29) is 24.1 Å². The molecule has 0 aliphatic heterocycles. The molecule has 0 atom stereocenters. The molecule has 1 saturated carbocycles. The number of aliphatic hydroxyl groups excluding tert-OH is 1. The van der Waals surface area contributed by atoms with Gasteiger partial charge in [-0.2, -0.15) is 0 Å². The second kappa shape index (κ2) is 7.06. The molecule has 0 aromatic heterocycles. The number of hydrogen-bond acceptors (Lipinski definition) is 2. The summed E-state index contributed by atoms with van der Waals surface area (Å²) in [4.78, 5) is 12.1. The molecule has 106 valence electrons. The van der Waals surface area contributed by atoms with Crippen LogP contribution in [0.5, 0.6) is 0 Å². The van der Waals surface area contributed by atoms with Crippen LogP contribution in [0, 0.1) is 17.7 Å². The van der Waals surface area contributed by atoms with Crippen molar-refractivity contribution in [1.29, 1.82) is 0 Å². The Bertz CT molecular complexity index is 539. The molecule has 0 unspecified atom stereocenters. The summed E-state index contributed by atoms with van der Waals surface area (Å²) in [7, 11) is 0. The lowest BCUT2D eigenvalue weighted by Crippen LogP contribution is -2.33. The lowest BCUT2D eigenvalue weighted by molar-refractivity contribution is 0.0934. The highest BCUT2D eigenvalue weighted by Crippen LogP contribution is 2.19. The number of halogens is 1. The van der Waals surface area contributed by atoms with E-state index in [1.165, 1.54) is 18.2 Å². The molecule has 1 fully saturated rings. The van der Waals surface area contributed by atoms with Crippen LogP contribution in [-0.2, 0) is 0 Å². The first kappa shape index (κ1) is 14.5. The molecule has 1 aliphatic carbocycles. The van der Waals surface area contributed by atoms with E-state index in [1.54, 1.807) is 0 Å². The van der Waals surface area contributed by atoms with Crippen LogP contribution in [0.4, 0.5) is 4.39 Å². The third-order valence-electron chi connectivity index (χ3n) is 3.37. The van der Waals surface area contributed by atoms with Crippen LogP contribution in [0.1, 0.15) is 48.0 Å². The SMILES string of the molecule is O=C(NC1CCCC1)c1cc(C#CCCO)ccc1F. The van der Waals surface area contributed by atoms with Gasteiger partial charge in [0.1, 0.15) is 5.82 Å². The Kier molecular flexibility index (Phi) is 5.14. The fraction of sp³-hybridized carbons (Fsp3) is 0.438. The molecule has 1 amide bonds. The number of hydrogen-bond donors (Lipinski definition) is 2. The molecule has 0 radical (unpaired) electrons. The third-order valence-corrected chi connectivity index (χ3v) is 3.37. The van der Waals surface area contributed by atoms with E-state index in [9.17, 15) is 9.18 Å². The largest absolute Gasteiger partial charge is 0.395 e. The molecular weight excluding hydrogens is 257 g/mol. The molecular formula is C16H18FNO2. The minimum atomic E-state index is -0.534. The van der Waals surface area contributed by atoms with Crippen molar-refractivity contribution in [1.82, 2.24) is 5.32 Å². The summed E-state index contributed by atoms with van der Waals surface area (Å²) in [6.45, 7) is -0.0107. The van der Waals surface area contributed by atoms with Crippen LogP contribution in [0.25, 0.3) is 0 Å². The standard InChI is InChI=1S/C16H18FNO2/c17-15-9-8-12(5-3-4-10-19)11-14(15)16(20)18-13-6-1-2-7-13/h8-9,11,13,19H,1-2,4,6-7,10H2,(H,18,20). The number of benzene rings is 1. The van der Waals surface area contributed by atoms with Crippen LogP contribution in [-0.4, -0.2) is 23.7 Å². The summed E-state index contributed by atoms with van der Waals surface area (Å²) in [5, 5.41) is 11.5. The zero-order valence-electron chi connectivity index (χ0n) is 11.3. The van der Waals surface area contributed by atoms with Crippen molar-refractivity contribution >= 4 is 5.91 Å². The van der Waals surface area contributed by atoms with Gasteiger partial charge in [-0.3, -0.25) is 4.79 Å². The van der Waals surface area contributed by atoms with Crippen molar-refractivity contribution in [2.75, 3.05) is 6.61 Å². The molecule has 1 aliphatic rings. The molecule has 2 rings (SSSR count). The van der Waals surface area contributed by atoms with Crippen molar-refractivity contribution in [3.05, 3.63) is 35.1 Å². The molecule has 20 heavy (non-hydrogen) atoms. The third kappa shape index (κ3) is 3.82. The summed E-state index contributed by atoms with van der Waals surface area (Å²) >= 11 is 0. The number of nitrogens with one attached hydrogen (secondary N) is 1. The molecule has 0 saturated heterocycles. The highest BCUT2D eigenvalue weighted by molar-refractivity contribution is 5.95. The number of carbonyl (C=O) groups is 1. The van der Waals surface area contributed by atoms with Gasteiger partial charge in [0.2, 0.25) is 0 Å². The Hall–Kier alpha value is -1.86. The van der Waals surface area contributed by atoms with Gasteiger partial charge in [-0.25, -0.2) is 4.39 Å². The molecule has 0 spiro atoms. The maximum absolute atomic E-state index is 13.7. The smallest absolute Gasteiger partial charge is 0.254 e. The van der Waals surface area contributed by atoms with Crippen LogP contribution < -0.4 is 5.32 Å². The van der Waals surface area contributed by atoms with E-state index in [2.05, 4.69) is 17.2 Å². The van der Waals surface area contributed by atoms with E-state index >= 15 is 0 Å². The first-order valence-corrected chi connectivity index (χ1v) is 6.91. The maximum atomic E-state index is 13.7. The Balaban J connectivity index is 2.11. The Labute approximate surface area is 118 Å². The van der Waals surface area contributed by atoms with Gasteiger partial charge in [0, 0.05) is 18.0 Å². The average molecular weight is 275 g/mol. The van der Waals surface area contributed by atoms with Crippen molar-refractivity contribution < 1.29 is 14.3 Å². The highest BCUT2D eigenvalue weighted by atomic mass is 19.1. The fourth-order valence-electron chi connectivity index (χ4n) is 2.33. The fourth-order valence-corrected chi connectivity index (χ4v) is 2.33. The maximum Gasteiger partial charge on any atom is 0.254 e. The molecule has 1 aromatic rings. The zero-order valence-corrected chi connectivity index (χ0v) is 11.3. The number of carbonyl (C=O) groups excluding carboxylic acids is 1. The highest BCUT2D eigenvalue weighted by Gasteiger charge is 2.19. The summed E-state index contributed by atoms with van der Waals surface area (Å²) in [6, 6.07) is 4.41. The van der Waals surface area contributed by atoms with Crippen molar-refractivity contribution in [3.63, 3.8) is 0 Å². The Morgan fingerprint density at radius 1 is 1.40 bits per heavy atom. The van der Waals surface area contributed by atoms with E-state index in [4.69, 9.17) is 5.11 Å². The van der Waals surface area contributed by atoms with Crippen LogP contribution in [0.15, 0.2) is 18.2 Å². The molecule has 2 N–H and O–H groups in total. The van der Waals surface area contributed by atoms with Crippen LogP contribution >= 0.6 is 0 Å². The van der Waals surface area contributed by atoms with Crippen molar-refractivity contribution in [2.45, 2.75) is 38.1 Å². The number of amides is 1. The number of aliphatic hydroxyl groups is 1. The van der Waals surface area contributed by atoms with E-state index in [0.717, 1.165) is 25.7 Å². The van der Waals surface area contributed by atoms with Gasteiger partial charge in [-0.1, -0.05) is 24.7 Å². The molecule has 1 aromatic carbocycles. The molecule has 3 nitrogen and oxygen atoms in total. The van der Waals surface area contributed by atoms with Gasteiger partial charge < -0.3 is 10.4 Å². The Morgan fingerprint density at radius 3 is 2.85 bits per heavy atom. The minimum absolute atomic E-state index is 0.0107. The van der Waals surface area contributed by atoms with E-state index in [1.807, 2.05) is 0 Å². The molecule has 0 heterocycles. The quantitative estimate of drug-likeness (QED) is 0.831. The van der Waals surface area contributed by atoms with E-state index < -0.39 is 5.82 Å². The summed E-state index contributed by atoms with van der Waals surface area (Å²) < 4.78 is 13.7. The lowest BCUT2D eigenvalue weighted by Gasteiger charge is -2.12. The number of rotatable bonds is 3. The van der Waals surface area contributed by atoms with Crippen LogP contribution in [0.3, 0.4) is 0 Å². The molecule has 0 bridgehead atoms. The Morgan fingerprint density at radius 2 is 2.15 bits per heavy atom. The van der Waals surface area contributed by atoms with Crippen molar-refractivity contribution in [2.24, 2.45) is 0 Å². The van der Waals surface area contributed by atoms with Crippen LogP contribution in [0.2, 0.25) is 0 Å². The second-order valence-corrected chi connectivity index (χ2v) is 4.92. The monoisotopic (exact) mass is 275 g/mol. The topological polar surface area (TPSA) is 49.3 Å². The van der Waals surface area contributed by atoms with Gasteiger partial charge in [0.25, 0.3) is 5.91 Å². The zero-order chi connectivity index (χ0) is 14.4. The predicted octanol–water partition coefficient (Wildman–Crippen LogP) is 2.23. The summed E-state index contributed by atoms with van der Waals surface area (Å²) in [6.07, 6.45) is 4.51. The predicted molar refractivity (Wildman–Crippen MR) is 74.7 cm³/mol. The first-order chi connectivity index (χ1) is 9.70. The average Bonchev–Trinajstić information content (AvgIpc) is 2.93. The van der Waals surface area contributed by atoms with Gasteiger partial charge in [0.15, 0.2) is 0 Å². The minimum Gasteiger partial charge on any atom is -0.395 e. The summed E-state index contributed by atoms with van der Waals surface area (Å²) in [5.41, 5.74) is 0.615. The van der Waals surface area contributed by atoms with Gasteiger partial charge >= 0.3 is 0 Å².